The summed E-state index contributed by atoms with van der Waals surface area (Å²) >= 11 is 1.45. The molecule has 104 valence electrons. The predicted molar refractivity (Wildman–Crippen MR) is 74.8 cm³/mol. The zero-order chi connectivity index (χ0) is 14.5. The summed E-state index contributed by atoms with van der Waals surface area (Å²) in [5.74, 6) is -1.70. The molecule has 2 aromatic rings. The third-order valence-corrected chi connectivity index (χ3v) is 3.81. The van der Waals surface area contributed by atoms with Crippen molar-refractivity contribution in [2.75, 3.05) is 0 Å². The van der Waals surface area contributed by atoms with Gasteiger partial charge >= 0.3 is 5.97 Å². The standard InChI is InChI=1S/C15H12F2O2S/c16-13-6-5-10(7-14(13)17)8-20-9-11-3-1-2-4-12(11)15(18)19/h1-7H,8-9H2,(H,18,19). The maximum Gasteiger partial charge on any atom is 0.335 e. The summed E-state index contributed by atoms with van der Waals surface area (Å²) in [6.07, 6.45) is 0. The zero-order valence-electron chi connectivity index (χ0n) is 10.5. The molecule has 0 amide bonds. The van der Waals surface area contributed by atoms with E-state index in [9.17, 15) is 13.6 Å². The highest BCUT2D eigenvalue weighted by Crippen LogP contribution is 2.21. The fraction of sp³-hybridized carbons (Fsp3) is 0.133. The first kappa shape index (κ1) is 14.5. The van der Waals surface area contributed by atoms with Gasteiger partial charge in [0.1, 0.15) is 0 Å². The monoisotopic (exact) mass is 294 g/mol. The van der Waals surface area contributed by atoms with E-state index in [1.54, 1.807) is 24.3 Å². The number of carboxylic acids is 1. The molecular weight excluding hydrogens is 282 g/mol. The van der Waals surface area contributed by atoms with Gasteiger partial charge in [-0.25, -0.2) is 13.6 Å². The predicted octanol–water partition coefficient (Wildman–Crippen LogP) is 4.10. The van der Waals surface area contributed by atoms with E-state index in [1.807, 2.05) is 0 Å². The summed E-state index contributed by atoms with van der Waals surface area (Å²) in [5, 5.41) is 9.05. The molecule has 0 aliphatic rings. The number of carbonyl (C=O) groups is 1. The van der Waals surface area contributed by atoms with Crippen LogP contribution in [0.25, 0.3) is 0 Å². The van der Waals surface area contributed by atoms with Crippen LogP contribution < -0.4 is 0 Å². The number of halogens is 2. The van der Waals surface area contributed by atoms with E-state index >= 15 is 0 Å². The molecular formula is C15H12F2O2S. The van der Waals surface area contributed by atoms with Gasteiger partial charge in [0, 0.05) is 11.5 Å². The molecule has 1 N–H and O–H groups in total. The molecule has 0 unspecified atom stereocenters. The molecule has 0 fully saturated rings. The van der Waals surface area contributed by atoms with Crippen molar-refractivity contribution >= 4 is 17.7 Å². The summed E-state index contributed by atoms with van der Waals surface area (Å²) in [5.41, 5.74) is 1.65. The van der Waals surface area contributed by atoms with Crippen LogP contribution in [0.4, 0.5) is 8.78 Å². The fourth-order valence-electron chi connectivity index (χ4n) is 1.76. The summed E-state index contributed by atoms with van der Waals surface area (Å²) in [6, 6.07) is 10.5. The number of aromatic carboxylic acids is 1. The van der Waals surface area contributed by atoms with Crippen molar-refractivity contribution in [3.63, 3.8) is 0 Å². The van der Waals surface area contributed by atoms with E-state index in [0.29, 0.717) is 22.6 Å². The van der Waals surface area contributed by atoms with Crippen LogP contribution in [0.2, 0.25) is 0 Å². The first-order valence-electron chi connectivity index (χ1n) is 5.91. The normalized spacial score (nSPS) is 10.5. The molecule has 0 aromatic heterocycles. The molecule has 0 bridgehead atoms. The second-order valence-electron chi connectivity index (χ2n) is 4.20. The first-order valence-corrected chi connectivity index (χ1v) is 7.06. The van der Waals surface area contributed by atoms with Crippen LogP contribution in [-0.2, 0) is 11.5 Å². The van der Waals surface area contributed by atoms with Gasteiger partial charge < -0.3 is 5.11 Å². The van der Waals surface area contributed by atoms with Gasteiger partial charge in [0.2, 0.25) is 0 Å². The highest BCUT2D eigenvalue weighted by Gasteiger charge is 2.09. The molecule has 0 spiro atoms. The van der Waals surface area contributed by atoms with Gasteiger partial charge in [-0.15, -0.1) is 0 Å². The van der Waals surface area contributed by atoms with Crippen LogP contribution >= 0.6 is 11.8 Å². The zero-order valence-corrected chi connectivity index (χ0v) is 11.3. The second-order valence-corrected chi connectivity index (χ2v) is 5.19. The van der Waals surface area contributed by atoms with E-state index in [-0.39, 0.29) is 5.56 Å². The van der Waals surface area contributed by atoms with Gasteiger partial charge in [0.25, 0.3) is 0 Å². The van der Waals surface area contributed by atoms with E-state index in [4.69, 9.17) is 5.11 Å². The lowest BCUT2D eigenvalue weighted by Gasteiger charge is -2.06. The maximum absolute atomic E-state index is 13.0. The number of benzene rings is 2. The number of carboxylic acid groups (broad SMARTS) is 1. The lowest BCUT2D eigenvalue weighted by atomic mass is 10.1. The summed E-state index contributed by atoms with van der Waals surface area (Å²) < 4.78 is 25.8. The number of rotatable bonds is 5. The number of hydrogen-bond acceptors (Lipinski definition) is 2. The first-order chi connectivity index (χ1) is 9.58. The molecule has 2 aromatic carbocycles. The minimum Gasteiger partial charge on any atom is -0.478 e. The van der Waals surface area contributed by atoms with Crippen LogP contribution in [0.15, 0.2) is 42.5 Å². The molecule has 0 saturated carbocycles. The minimum absolute atomic E-state index is 0.269. The lowest BCUT2D eigenvalue weighted by molar-refractivity contribution is 0.0696. The molecule has 5 heteroatoms. The minimum atomic E-state index is -0.964. The van der Waals surface area contributed by atoms with Crippen molar-refractivity contribution in [3.8, 4) is 0 Å². The van der Waals surface area contributed by atoms with Gasteiger partial charge in [-0.3, -0.25) is 0 Å². The SMILES string of the molecule is O=C(O)c1ccccc1CSCc1ccc(F)c(F)c1. The van der Waals surface area contributed by atoms with Crippen molar-refractivity contribution in [3.05, 3.63) is 70.8 Å². The molecule has 0 radical (unpaired) electrons. The van der Waals surface area contributed by atoms with Crippen molar-refractivity contribution in [2.45, 2.75) is 11.5 Å². The van der Waals surface area contributed by atoms with Crippen LogP contribution in [-0.4, -0.2) is 11.1 Å². The molecule has 2 nitrogen and oxygen atoms in total. The molecule has 0 aliphatic carbocycles. The molecule has 0 atom stereocenters. The Hall–Kier alpha value is -1.88. The Morgan fingerprint density at radius 1 is 1.05 bits per heavy atom. The van der Waals surface area contributed by atoms with Gasteiger partial charge in [-0.1, -0.05) is 24.3 Å². The third kappa shape index (κ3) is 3.57. The van der Waals surface area contributed by atoms with Crippen molar-refractivity contribution in [1.82, 2.24) is 0 Å². The fourth-order valence-corrected chi connectivity index (χ4v) is 2.75. The topological polar surface area (TPSA) is 37.3 Å². The van der Waals surface area contributed by atoms with Gasteiger partial charge in [-0.2, -0.15) is 11.8 Å². The average Bonchev–Trinajstić information content (AvgIpc) is 2.43. The summed E-state index contributed by atoms with van der Waals surface area (Å²) in [7, 11) is 0. The Labute approximate surface area is 119 Å². The quantitative estimate of drug-likeness (QED) is 0.902. The molecule has 0 heterocycles. The van der Waals surface area contributed by atoms with Crippen LogP contribution in [0.1, 0.15) is 21.5 Å². The highest BCUT2D eigenvalue weighted by atomic mass is 32.2. The molecule has 20 heavy (non-hydrogen) atoms. The molecule has 2 rings (SSSR count). The Balaban J connectivity index is 1.99. The second kappa shape index (κ2) is 6.52. The van der Waals surface area contributed by atoms with Crippen LogP contribution in [0, 0.1) is 11.6 Å². The van der Waals surface area contributed by atoms with Crippen LogP contribution in [0.3, 0.4) is 0 Å². The van der Waals surface area contributed by atoms with Gasteiger partial charge in [0.05, 0.1) is 5.56 Å². The van der Waals surface area contributed by atoms with Crippen molar-refractivity contribution < 1.29 is 18.7 Å². The Kier molecular flexibility index (Phi) is 4.74. The number of hydrogen-bond donors (Lipinski definition) is 1. The van der Waals surface area contributed by atoms with E-state index in [2.05, 4.69) is 0 Å². The van der Waals surface area contributed by atoms with Crippen LogP contribution in [0.5, 0.6) is 0 Å². The van der Waals surface area contributed by atoms with E-state index in [1.165, 1.54) is 17.8 Å². The largest absolute Gasteiger partial charge is 0.478 e. The summed E-state index contributed by atoms with van der Waals surface area (Å²) in [4.78, 5) is 11.0. The van der Waals surface area contributed by atoms with E-state index < -0.39 is 17.6 Å². The Morgan fingerprint density at radius 3 is 2.50 bits per heavy atom. The van der Waals surface area contributed by atoms with Crippen molar-refractivity contribution in [2.24, 2.45) is 0 Å². The van der Waals surface area contributed by atoms with Gasteiger partial charge in [-0.05, 0) is 29.3 Å². The lowest BCUT2D eigenvalue weighted by Crippen LogP contribution is -2.01. The number of thioether (sulfide) groups is 1. The highest BCUT2D eigenvalue weighted by molar-refractivity contribution is 7.97. The van der Waals surface area contributed by atoms with Crippen molar-refractivity contribution in [1.29, 1.82) is 0 Å². The summed E-state index contributed by atoms with van der Waals surface area (Å²) in [6.45, 7) is 0. The molecule has 0 saturated heterocycles. The Bertz CT molecular complexity index is 629. The average molecular weight is 294 g/mol. The smallest absolute Gasteiger partial charge is 0.335 e. The molecule has 0 aliphatic heterocycles. The van der Waals surface area contributed by atoms with E-state index in [0.717, 1.165) is 12.1 Å². The third-order valence-electron chi connectivity index (χ3n) is 2.76. The Morgan fingerprint density at radius 2 is 1.80 bits per heavy atom. The maximum atomic E-state index is 13.0. The van der Waals surface area contributed by atoms with Gasteiger partial charge in [0.15, 0.2) is 11.6 Å².